The van der Waals surface area contributed by atoms with Crippen LogP contribution < -0.4 is 5.32 Å². The van der Waals surface area contributed by atoms with Crippen molar-refractivity contribution < 1.29 is 4.74 Å². The molecule has 1 N–H and O–H groups in total. The summed E-state index contributed by atoms with van der Waals surface area (Å²) in [6.07, 6.45) is 0. The number of nitrogens with zero attached hydrogens (tertiary/aromatic N) is 3. The molecule has 2 saturated heterocycles. The van der Waals surface area contributed by atoms with Crippen LogP contribution in [0, 0.1) is 0 Å². The van der Waals surface area contributed by atoms with Gasteiger partial charge in [-0.15, -0.1) is 0 Å². The van der Waals surface area contributed by atoms with E-state index in [0.717, 1.165) is 13.1 Å². The summed E-state index contributed by atoms with van der Waals surface area (Å²) in [5, 5.41) is 3.41. The van der Waals surface area contributed by atoms with E-state index in [0.29, 0.717) is 18.3 Å². The van der Waals surface area contributed by atoms with E-state index in [-0.39, 0.29) is 5.60 Å². The second-order valence-corrected chi connectivity index (χ2v) is 9.01. The molecule has 1 atom stereocenters. The summed E-state index contributed by atoms with van der Waals surface area (Å²) in [5.74, 6) is 0. The minimum absolute atomic E-state index is 0.0584. The van der Waals surface area contributed by atoms with Gasteiger partial charge in [0.1, 0.15) is 0 Å². The van der Waals surface area contributed by atoms with Gasteiger partial charge in [-0.1, -0.05) is 0 Å². The first-order valence-corrected chi connectivity index (χ1v) is 9.21. The highest BCUT2D eigenvalue weighted by molar-refractivity contribution is 4.92. The molecular formula is C18H38N4O. The van der Waals surface area contributed by atoms with E-state index in [2.05, 4.69) is 61.6 Å². The number of rotatable bonds is 5. The molecule has 2 aliphatic rings. The van der Waals surface area contributed by atoms with Gasteiger partial charge in [0.2, 0.25) is 0 Å². The summed E-state index contributed by atoms with van der Waals surface area (Å²) in [5.41, 5.74) is 0.233. The molecule has 0 aliphatic carbocycles. The number of ether oxygens (including phenoxy) is 1. The van der Waals surface area contributed by atoms with Crippen molar-refractivity contribution in [2.45, 2.75) is 58.7 Å². The highest BCUT2D eigenvalue weighted by Crippen LogP contribution is 2.21. The molecule has 2 heterocycles. The van der Waals surface area contributed by atoms with Crippen molar-refractivity contribution in [1.82, 2.24) is 20.0 Å². The van der Waals surface area contributed by atoms with Crippen LogP contribution in [0.1, 0.15) is 41.5 Å². The maximum atomic E-state index is 5.71. The van der Waals surface area contributed by atoms with Crippen LogP contribution in [-0.4, -0.2) is 91.0 Å². The standard InChI is InChI=1S/C18H38N4O/c1-17(2,3)22-12-11-21-10-9-20(13-16(21)14-22)8-7-19-15-23-18(4,5)6/h16,19H,7-15H2,1-6H3. The van der Waals surface area contributed by atoms with Crippen LogP contribution in [0.4, 0.5) is 0 Å². The first-order chi connectivity index (χ1) is 10.6. The zero-order chi connectivity index (χ0) is 17.1. The van der Waals surface area contributed by atoms with Crippen LogP contribution >= 0.6 is 0 Å². The third kappa shape index (κ3) is 6.31. The highest BCUT2D eigenvalue weighted by atomic mass is 16.5. The molecule has 0 aromatic heterocycles. The summed E-state index contributed by atoms with van der Waals surface area (Å²) in [4.78, 5) is 7.94. The Hall–Kier alpha value is -0.200. The maximum absolute atomic E-state index is 5.71. The minimum Gasteiger partial charge on any atom is -0.361 e. The van der Waals surface area contributed by atoms with E-state index < -0.39 is 0 Å². The van der Waals surface area contributed by atoms with Crippen LogP contribution in [0.3, 0.4) is 0 Å². The fourth-order valence-electron chi connectivity index (χ4n) is 3.41. The van der Waals surface area contributed by atoms with E-state index >= 15 is 0 Å². The first-order valence-electron chi connectivity index (χ1n) is 9.21. The molecule has 2 rings (SSSR count). The van der Waals surface area contributed by atoms with Crippen molar-refractivity contribution in [1.29, 1.82) is 0 Å². The smallest absolute Gasteiger partial charge is 0.0972 e. The second kappa shape index (κ2) is 7.79. The lowest BCUT2D eigenvalue weighted by molar-refractivity contribution is -0.0239. The predicted molar refractivity (Wildman–Crippen MR) is 96.8 cm³/mol. The van der Waals surface area contributed by atoms with Gasteiger partial charge in [-0.2, -0.15) is 0 Å². The Morgan fingerprint density at radius 2 is 1.65 bits per heavy atom. The van der Waals surface area contributed by atoms with Gasteiger partial charge in [-0.05, 0) is 41.5 Å². The van der Waals surface area contributed by atoms with E-state index in [4.69, 9.17) is 4.74 Å². The predicted octanol–water partition coefficient (Wildman–Crippen LogP) is 1.45. The number of nitrogens with one attached hydrogen (secondary N) is 1. The lowest BCUT2D eigenvalue weighted by Crippen LogP contribution is -2.64. The maximum Gasteiger partial charge on any atom is 0.0972 e. The Morgan fingerprint density at radius 1 is 0.957 bits per heavy atom. The molecule has 0 radical (unpaired) electrons. The third-order valence-electron chi connectivity index (χ3n) is 4.94. The number of piperazine rings is 2. The first kappa shape index (κ1) is 19.1. The molecule has 5 heteroatoms. The van der Waals surface area contributed by atoms with Gasteiger partial charge in [0.15, 0.2) is 0 Å². The molecule has 0 bridgehead atoms. The molecule has 136 valence electrons. The van der Waals surface area contributed by atoms with Gasteiger partial charge in [0.05, 0.1) is 12.3 Å². The van der Waals surface area contributed by atoms with Crippen LogP contribution in [0.2, 0.25) is 0 Å². The van der Waals surface area contributed by atoms with Gasteiger partial charge < -0.3 is 4.74 Å². The van der Waals surface area contributed by atoms with Crippen molar-refractivity contribution in [2.75, 3.05) is 59.1 Å². The van der Waals surface area contributed by atoms with Gasteiger partial charge in [0, 0.05) is 63.9 Å². The van der Waals surface area contributed by atoms with E-state index in [1.807, 2.05) is 0 Å². The number of hydrogen-bond acceptors (Lipinski definition) is 5. The Kier molecular flexibility index (Phi) is 6.48. The number of fused-ring (bicyclic) bond motifs is 1. The molecule has 1 unspecified atom stereocenters. The van der Waals surface area contributed by atoms with Crippen LogP contribution in [0.15, 0.2) is 0 Å². The topological polar surface area (TPSA) is 31.0 Å². The Morgan fingerprint density at radius 3 is 2.30 bits per heavy atom. The summed E-state index contributed by atoms with van der Waals surface area (Å²) < 4.78 is 5.71. The van der Waals surface area contributed by atoms with Crippen molar-refractivity contribution >= 4 is 0 Å². The lowest BCUT2D eigenvalue weighted by atomic mass is 10.0. The Balaban J connectivity index is 1.69. The fourth-order valence-corrected chi connectivity index (χ4v) is 3.41. The van der Waals surface area contributed by atoms with E-state index in [9.17, 15) is 0 Å². The molecule has 0 saturated carbocycles. The summed E-state index contributed by atoms with van der Waals surface area (Å²) in [6.45, 7) is 23.3. The zero-order valence-corrected chi connectivity index (χ0v) is 16.2. The normalized spacial score (nSPS) is 25.6. The second-order valence-electron chi connectivity index (χ2n) is 9.01. The van der Waals surface area contributed by atoms with Gasteiger partial charge >= 0.3 is 0 Å². The molecule has 0 aromatic rings. The Labute approximate surface area is 143 Å². The molecule has 0 amide bonds. The monoisotopic (exact) mass is 326 g/mol. The summed E-state index contributed by atoms with van der Waals surface area (Å²) in [7, 11) is 0. The van der Waals surface area contributed by atoms with Crippen molar-refractivity contribution in [3.63, 3.8) is 0 Å². The minimum atomic E-state index is -0.0584. The SMILES string of the molecule is CC(C)(C)OCNCCN1CCN2CCN(C(C)(C)C)CC2C1. The molecule has 0 spiro atoms. The highest BCUT2D eigenvalue weighted by Gasteiger charge is 2.35. The third-order valence-corrected chi connectivity index (χ3v) is 4.94. The van der Waals surface area contributed by atoms with Crippen molar-refractivity contribution in [3.8, 4) is 0 Å². The summed E-state index contributed by atoms with van der Waals surface area (Å²) >= 11 is 0. The van der Waals surface area contributed by atoms with Crippen LogP contribution in [-0.2, 0) is 4.74 Å². The molecule has 0 aromatic carbocycles. The van der Waals surface area contributed by atoms with Crippen LogP contribution in [0.5, 0.6) is 0 Å². The molecule has 23 heavy (non-hydrogen) atoms. The zero-order valence-electron chi connectivity index (χ0n) is 16.2. The summed E-state index contributed by atoms with van der Waals surface area (Å²) in [6, 6.07) is 0.697. The van der Waals surface area contributed by atoms with Crippen molar-refractivity contribution in [2.24, 2.45) is 0 Å². The molecule has 5 nitrogen and oxygen atoms in total. The van der Waals surface area contributed by atoms with Gasteiger partial charge in [0.25, 0.3) is 0 Å². The largest absolute Gasteiger partial charge is 0.361 e. The Bertz CT molecular complexity index is 361. The molecule has 2 fully saturated rings. The molecule has 2 aliphatic heterocycles. The average molecular weight is 327 g/mol. The molecular weight excluding hydrogens is 288 g/mol. The fraction of sp³-hybridized carbons (Fsp3) is 1.00. The van der Waals surface area contributed by atoms with Crippen LogP contribution in [0.25, 0.3) is 0 Å². The van der Waals surface area contributed by atoms with Gasteiger partial charge in [-0.3, -0.25) is 20.0 Å². The lowest BCUT2D eigenvalue weighted by Gasteiger charge is -2.50. The average Bonchev–Trinajstić information content (AvgIpc) is 2.44. The van der Waals surface area contributed by atoms with Gasteiger partial charge in [-0.25, -0.2) is 0 Å². The quantitative estimate of drug-likeness (QED) is 0.610. The van der Waals surface area contributed by atoms with E-state index in [1.54, 1.807) is 0 Å². The number of hydrogen-bond donors (Lipinski definition) is 1. The van der Waals surface area contributed by atoms with Crippen molar-refractivity contribution in [3.05, 3.63) is 0 Å². The van der Waals surface area contributed by atoms with E-state index in [1.165, 1.54) is 39.3 Å².